The minimum Gasteiger partial charge on any atom is -0.396 e. The lowest BCUT2D eigenvalue weighted by atomic mass is 9.55. The number of rotatable bonds is 3. The summed E-state index contributed by atoms with van der Waals surface area (Å²) in [4.78, 5) is 11.7. The smallest absolute Gasteiger partial charge is 0.156 e. The van der Waals surface area contributed by atoms with E-state index in [-0.39, 0.29) is 0 Å². The van der Waals surface area contributed by atoms with Crippen LogP contribution in [0.25, 0.3) is 0 Å². The topological polar surface area (TPSA) is 37.3 Å². The van der Waals surface area contributed by atoms with Crippen molar-refractivity contribution in [1.29, 1.82) is 0 Å². The standard InChI is InChI=1S/C21H30O2/c1-21-11-10-18-17-8-6-16(23)13-14(17)4-7-19(18)20(21)9-5-15(21)3-2-12-22/h13,15,19-20,22H,2-12H2,1H3/t15-,19+,20-,21+/m0/s1. The van der Waals surface area contributed by atoms with Crippen molar-refractivity contribution in [3.8, 4) is 0 Å². The number of allylic oxidation sites excluding steroid dienone is 4. The molecule has 4 aliphatic carbocycles. The van der Waals surface area contributed by atoms with Crippen LogP contribution in [0.4, 0.5) is 0 Å². The summed E-state index contributed by atoms with van der Waals surface area (Å²) in [5.74, 6) is 2.79. The largest absolute Gasteiger partial charge is 0.396 e. The van der Waals surface area contributed by atoms with Crippen molar-refractivity contribution in [3.05, 3.63) is 22.8 Å². The molecule has 4 rings (SSSR count). The Hall–Kier alpha value is -0.890. The van der Waals surface area contributed by atoms with E-state index >= 15 is 0 Å². The van der Waals surface area contributed by atoms with Crippen molar-refractivity contribution in [2.75, 3.05) is 6.61 Å². The molecular formula is C21H30O2. The molecule has 0 aliphatic heterocycles. The number of carbonyl (C=O) groups is 1. The predicted octanol–water partition coefficient (Wildman–Crippen LogP) is 4.58. The molecule has 0 heterocycles. The van der Waals surface area contributed by atoms with E-state index in [4.69, 9.17) is 0 Å². The van der Waals surface area contributed by atoms with Crippen LogP contribution in [-0.2, 0) is 4.79 Å². The van der Waals surface area contributed by atoms with Gasteiger partial charge < -0.3 is 5.11 Å². The van der Waals surface area contributed by atoms with Crippen LogP contribution >= 0.6 is 0 Å². The average molecular weight is 314 g/mol. The Labute approximate surface area is 140 Å². The molecule has 2 saturated carbocycles. The molecule has 126 valence electrons. The highest BCUT2D eigenvalue weighted by atomic mass is 16.2. The van der Waals surface area contributed by atoms with Crippen molar-refractivity contribution in [1.82, 2.24) is 0 Å². The Kier molecular flexibility index (Phi) is 3.99. The Balaban J connectivity index is 1.62. The first-order valence-electron chi connectivity index (χ1n) is 9.70. The number of hydrogen-bond donors (Lipinski definition) is 1. The molecule has 4 aliphatic rings. The van der Waals surface area contributed by atoms with Crippen molar-refractivity contribution in [2.45, 2.75) is 71.1 Å². The van der Waals surface area contributed by atoms with Crippen LogP contribution in [0.3, 0.4) is 0 Å². The third-order valence-corrected chi connectivity index (χ3v) is 7.64. The zero-order chi connectivity index (χ0) is 16.0. The van der Waals surface area contributed by atoms with E-state index in [0.717, 1.165) is 43.4 Å². The quantitative estimate of drug-likeness (QED) is 0.828. The molecule has 0 aromatic heterocycles. The van der Waals surface area contributed by atoms with Crippen LogP contribution in [-0.4, -0.2) is 17.5 Å². The first-order valence-corrected chi connectivity index (χ1v) is 9.70. The first-order chi connectivity index (χ1) is 11.1. The van der Waals surface area contributed by atoms with Crippen molar-refractivity contribution in [2.24, 2.45) is 23.2 Å². The minimum absolute atomic E-state index is 0.341. The van der Waals surface area contributed by atoms with Gasteiger partial charge >= 0.3 is 0 Å². The highest BCUT2D eigenvalue weighted by Gasteiger charge is 2.52. The maximum Gasteiger partial charge on any atom is 0.156 e. The van der Waals surface area contributed by atoms with Gasteiger partial charge in [-0.05, 0) is 98.2 Å². The lowest BCUT2D eigenvalue weighted by molar-refractivity contribution is -0.114. The molecule has 0 unspecified atom stereocenters. The van der Waals surface area contributed by atoms with Crippen LogP contribution in [0.15, 0.2) is 22.8 Å². The molecule has 0 spiro atoms. The summed E-state index contributed by atoms with van der Waals surface area (Å²) >= 11 is 0. The Morgan fingerprint density at radius 3 is 2.87 bits per heavy atom. The molecule has 0 aromatic carbocycles. The van der Waals surface area contributed by atoms with E-state index in [1.54, 1.807) is 11.1 Å². The SMILES string of the molecule is C[C@]12CCC3=C4CCC(=O)C=C4CC[C@H]3[C@@H]1CC[C@@H]2CCCO. The van der Waals surface area contributed by atoms with Crippen LogP contribution in [0, 0.1) is 23.2 Å². The van der Waals surface area contributed by atoms with Gasteiger partial charge in [0.25, 0.3) is 0 Å². The fourth-order valence-electron chi connectivity index (χ4n) is 6.45. The summed E-state index contributed by atoms with van der Waals surface area (Å²) in [6, 6.07) is 0. The molecule has 4 atom stereocenters. The number of aliphatic hydroxyl groups excluding tert-OH is 1. The van der Waals surface area contributed by atoms with Gasteiger partial charge in [-0.25, -0.2) is 0 Å². The molecule has 23 heavy (non-hydrogen) atoms. The van der Waals surface area contributed by atoms with Crippen molar-refractivity contribution in [3.63, 3.8) is 0 Å². The Morgan fingerprint density at radius 2 is 2.04 bits per heavy atom. The zero-order valence-corrected chi connectivity index (χ0v) is 14.4. The highest BCUT2D eigenvalue weighted by molar-refractivity contribution is 5.93. The molecule has 0 radical (unpaired) electrons. The second kappa shape index (κ2) is 5.88. The van der Waals surface area contributed by atoms with Crippen LogP contribution in [0.5, 0.6) is 0 Å². The van der Waals surface area contributed by atoms with Gasteiger partial charge in [0.05, 0.1) is 0 Å². The fourth-order valence-corrected chi connectivity index (χ4v) is 6.45. The van der Waals surface area contributed by atoms with Gasteiger partial charge in [0, 0.05) is 13.0 Å². The predicted molar refractivity (Wildman–Crippen MR) is 91.9 cm³/mol. The average Bonchev–Trinajstić information content (AvgIpc) is 2.89. The van der Waals surface area contributed by atoms with Gasteiger partial charge in [-0.3, -0.25) is 4.79 Å². The number of ketones is 1. The fraction of sp³-hybridized carbons (Fsp3) is 0.762. The second-order valence-electron chi connectivity index (χ2n) is 8.54. The van der Waals surface area contributed by atoms with Crippen molar-refractivity contribution >= 4 is 5.78 Å². The number of fused-ring (bicyclic) bond motifs is 4. The van der Waals surface area contributed by atoms with Crippen LogP contribution < -0.4 is 0 Å². The monoisotopic (exact) mass is 314 g/mol. The highest BCUT2D eigenvalue weighted by Crippen LogP contribution is 2.62. The van der Waals surface area contributed by atoms with Gasteiger partial charge in [0.1, 0.15) is 0 Å². The number of aliphatic hydroxyl groups is 1. The lowest BCUT2D eigenvalue weighted by Crippen LogP contribution is -2.40. The Bertz CT molecular complexity index is 570. The third kappa shape index (κ3) is 2.45. The van der Waals surface area contributed by atoms with E-state index in [1.807, 2.05) is 6.08 Å². The molecule has 2 fully saturated rings. The maximum absolute atomic E-state index is 11.7. The van der Waals surface area contributed by atoms with Crippen LogP contribution in [0.2, 0.25) is 0 Å². The summed E-state index contributed by atoms with van der Waals surface area (Å²) in [6.45, 7) is 2.89. The summed E-state index contributed by atoms with van der Waals surface area (Å²) in [5.41, 5.74) is 5.20. The molecular weight excluding hydrogens is 284 g/mol. The molecule has 0 aromatic rings. The molecule has 1 N–H and O–H groups in total. The lowest BCUT2D eigenvalue weighted by Gasteiger charge is -2.49. The summed E-state index contributed by atoms with van der Waals surface area (Å²) in [6.07, 6.45) is 13.6. The maximum atomic E-state index is 11.7. The van der Waals surface area contributed by atoms with Gasteiger partial charge in [-0.2, -0.15) is 0 Å². The summed E-state index contributed by atoms with van der Waals surface area (Å²) in [7, 11) is 0. The summed E-state index contributed by atoms with van der Waals surface area (Å²) in [5, 5.41) is 9.20. The van der Waals surface area contributed by atoms with E-state index in [1.165, 1.54) is 44.1 Å². The van der Waals surface area contributed by atoms with Gasteiger partial charge in [-0.15, -0.1) is 0 Å². The normalized spacial score (nSPS) is 39.7. The number of carbonyl (C=O) groups excluding carboxylic acids is 1. The van der Waals surface area contributed by atoms with E-state index < -0.39 is 0 Å². The van der Waals surface area contributed by atoms with Gasteiger partial charge in [0.15, 0.2) is 5.78 Å². The molecule has 0 bridgehead atoms. The van der Waals surface area contributed by atoms with Gasteiger partial charge in [0.2, 0.25) is 0 Å². The second-order valence-corrected chi connectivity index (χ2v) is 8.54. The van der Waals surface area contributed by atoms with E-state index in [9.17, 15) is 9.90 Å². The van der Waals surface area contributed by atoms with E-state index in [2.05, 4.69) is 6.92 Å². The number of hydrogen-bond acceptors (Lipinski definition) is 2. The summed E-state index contributed by atoms with van der Waals surface area (Å²) < 4.78 is 0. The molecule has 0 amide bonds. The van der Waals surface area contributed by atoms with E-state index in [0.29, 0.717) is 17.8 Å². The van der Waals surface area contributed by atoms with Crippen LogP contribution in [0.1, 0.15) is 71.1 Å². The zero-order valence-electron chi connectivity index (χ0n) is 14.4. The Morgan fingerprint density at radius 1 is 1.17 bits per heavy atom. The van der Waals surface area contributed by atoms with Gasteiger partial charge in [-0.1, -0.05) is 12.5 Å². The molecule has 2 heteroatoms. The molecule has 2 nitrogen and oxygen atoms in total. The third-order valence-electron chi connectivity index (χ3n) is 7.64. The minimum atomic E-state index is 0.341. The first kappa shape index (κ1) is 15.6. The van der Waals surface area contributed by atoms with Crippen molar-refractivity contribution < 1.29 is 9.90 Å². The molecule has 0 saturated heterocycles.